The van der Waals surface area contributed by atoms with Gasteiger partial charge < -0.3 is 4.74 Å². The van der Waals surface area contributed by atoms with Crippen molar-refractivity contribution in [3.63, 3.8) is 0 Å². The zero-order chi connectivity index (χ0) is 35.5. The molecule has 1 saturated carbocycles. The third-order valence-corrected chi connectivity index (χ3v) is 11.3. The van der Waals surface area contributed by atoms with Crippen molar-refractivity contribution >= 4 is 0 Å². The minimum atomic E-state index is -0.237. The third kappa shape index (κ3) is 7.89. The van der Waals surface area contributed by atoms with Crippen LogP contribution in [0.3, 0.4) is 0 Å². The van der Waals surface area contributed by atoms with Gasteiger partial charge in [-0.2, -0.15) is 0 Å². The summed E-state index contributed by atoms with van der Waals surface area (Å²) in [5, 5.41) is 27.3. The van der Waals surface area contributed by atoms with E-state index in [0.717, 1.165) is 62.7 Å². The summed E-state index contributed by atoms with van der Waals surface area (Å²) in [4.78, 5) is 0. The molecule has 3 unspecified atom stereocenters. The monoisotopic (exact) mass is 664 g/mol. The maximum Gasteiger partial charge on any atom is 0.0880 e. The summed E-state index contributed by atoms with van der Waals surface area (Å²) in [6.45, 7) is 32.2. The SMILES string of the molecule is CC(C)(CC[C@@](C)(CCC(C)(C)n1cc(C(C)(C)C)nn1)c1cnnn1C(C)(C)C)OCC1C2CCc3nnn(C(C)(C)C)c3CCC21. The van der Waals surface area contributed by atoms with Crippen molar-refractivity contribution in [2.24, 2.45) is 17.8 Å². The number of hydrogen-bond acceptors (Lipinski definition) is 7. The van der Waals surface area contributed by atoms with Crippen molar-refractivity contribution < 1.29 is 4.74 Å². The van der Waals surface area contributed by atoms with Crippen LogP contribution in [0.4, 0.5) is 0 Å². The molecule has 2 aliphatic rings. The van der Waals surface area contributed by atoms with Crippen molar-refractivity contribution in [2.45, 2.75) is 181 Å². The Bertz CT molecular complexity index is 1540. The first kappa shape index (κ1) is 36.7. The van der Waals surface area contributed by atoms with Gasteiger partial charge in [0.15, 0.2) is 0 Å². The van der Waals surface area contributed by atoms with E-state index in [0.29, 0.717) is 5.92 Å². The van der Waals surface area contributed by atoms with Crippen molar-refractivity contribution in [2.75, 3.05) is 6.61 Å². The van der Waals surface area contributed by atoms with E-state index in [-0.39, 0.29) is 33.0 Å². The molecule has 10 nitrogen and oxygen atoms in total. The Morgan fingerprint density at radius 1 is 0.708 bits per heavy atom. The fourth-order valence-corrected chi connectivity index (χ4v) is 7.64. The molecule has 3 heterocycles. The summed E-state index contributed by atoms with van der Waals surface area (Å²) in [5.41, 5.74) is 3.96. The van der Waals surface area contributed by atoms with Crippen LogP contribution in [0.25, 0.3) is 0 Å². The molecule has 0 radical (unpaired) electrons. The molecule has 2 aliphatic carbocycles. The Morgan fingerprint density at radius 2 is 1.33 bits per heavy atom. The standard InChI is InChI=1S/C38H65N9O/c1-33(2,3)31-24-45(43-41-31)36(10,11)19-21-38(14,32-23-39-42-47(32)35(7,8)9)22-20-37(12,13)48-25-28-26-15-17-29-30(18-16-27(26)28)46(44-40-29)34(4,5)6/h23-24,26-28H,15-22,25H2,1-14H3/t26?,27?,28?,38-/m1/s1. The fraction of sp³-hybridized carbons (Fsp3) is 0.842. The lowest BCUT2D eigenvalue weighted by molar-refractivity contribution is -0.0371. The van der Waals surface area contributed by atoms with E-state index in [9.17, 15) is 0 Å². The predicted molar refractivity (Wildman–Crippen MR) is 191 cm³/mol. The molecule has 0 N–H and O–H groups in total. The average molecular weight is 664 g/mol. The Balaban J connectivity index is 1.25. The molecule has 0 bridgehead atoms. The summed E-state index contributed by atoms with van der Waals surface area (Å²) in [5.74, 6) is 2.13. The van der Waals surface area contributed by atoms with Crippen LogP contribution in [0.1, 0.15) is 158 Å². The van der Waals surface area contributed by atoms with E-state index in [1.807, 2.05) is 6.20 Å². The molecule has 5 rings (SSSR count). The molecular formula is C38H65N9O. The number of rotatable bonds is 11. The van der Waals surface area contributed by atoms with Gasteiger partial charge in [0.25, 0.3) is 0 Å². The molecule has 0 saturated heterocycles. The van der Waals surface area contributed by atoms with Gasteiger partial charge in [0, 0.05) is 17.0 Å². The molecule has 268 valence electrons. The van der Waals surface area contributed by atoms with E-state index in [2.05, 4.69) is 148 Å². The number of nitrogens with zero attached hydrogens (tertiary/aromatic N) is 9. The van der Waals surface area contributed by atoms with Crippen molar-refractivity contribution in [1.82, 2.24) is 45.0 Å². The minimum Gasteiger partial charge on any atom is -0.375 e. The van der Waals surface area contributed by atoms with Gasteiger partial charge in [-0.25, -0.2) is 14.0 Å². The van der Waals surface area contributed by atoms with Crippen LogP contribution < -0.4 is 0 Å². The second-order valence-electron chi connectivity index (χ2n) is 19.6. The van der Waals surface area contributed by atoms with Crippen LogP contribution in [-0.2, 0) is 45.0 Å². The van der Waals surface area contributed by atoms with Gasteiger partial charge in [0.1, 0.15) is 0 Å². The summed E-state index contributed by atoms with van der Waals surface area (Å²) in [6.07, 6.45) is 12.5. The summed E-state index contributed by atoms with van der Waals surface area (Å²) in [6, 6.07) is 0. The maximum absolute atomic E-state index is 6.83. The van der Waals surface area contributed by atoms with E-state index in [1.165, 1.54) is 29.9 Å². The van der Waals surface area contributed by atoms with Gasteiger partial charge in [-0.15, -0.1) is 15.3 Å². The molecule has 4 atom stereocenters. The fourth-order valence-electron chi connectivity index (χ4n) is 7.64. The van der Waals surface area contributed by atoms with Gasteiger partial charge in [-0.1, -0.05) is 43.3 Å². The third-order valence-electron chi connectivity index (χ3n) is 11.3. The first-order valence-electron chi connectivity index (χ1n) is 18.4. The lowest BCUT2D eigenvalue weighted by atomic mass is 9.73. The van der Waals surface area contributed by atoms with Gasteiger partial charge in [-0.05, 0) is 138 Å². The predicted octanol–water partition coefficient (Wildman–Crippen LogP) is 7.76. The van der Waals surface area contributed by atoms with Crippen LogP contribution in [0.15, 0.2) is 12.4 Å². The lowest BCUT2D eigenvalue weighted by Crippen LogP contribution is -2.37. The molecule has 48 heavy (non-hydrogen) atoms. The smallest absolute Gasteiger partial charge is 0.0880 e. The van der Waals surface area contributed by atoms with Crippen LogP contribution in [0, 0.1) is 17.8 Å². The molecule has 0 aliphatic heterocycles. The lowest BCUT2D eigenvalue weighted by Gasteiger charge is -2.38. The number of aromatic nitrogens is 9. The van der Waals surface area contributed by atoms with E-state index >= 15 is 0 Å². The zero-order valence-corrected chi connectivity index (χ0v) is 32.7. The highest BCUT2D eigenvalue weighted by Crippen LogP contribution is 2.53. The number of aryl methyl sites for hydroxylation is 1. The topological polar surface area (TPSA) is 101 Å². The highest BCUT2D eigenvalue weighted by molar-refractivity contribution is 5.17. The molecule has 3 aromatic rings. The second kappa shape index (κ2) is 12.6. The first-order valence-corrected chi connectivity index (χ1v) is 18.4. The number of ether oxygens (including phenoxy) is 1. The molecule has 0 aromatic carbocycles. The quantitative estimate of drug-likeness (QED) is 0.207. The largest absolute Gasteiger partial charge is 0.375 e. The highest BCUT2D eigenvalue weighted by atomic mass is 16.5. The summed E-state index contributed by atoms with van der Waals surface area (Å²) < 4.78 is 13.2. The molecule has 0 amide bonds. The normalized spacial score (nSPS) is 22.1. The Labute approximate surface area is 290 Å². The minimum absolute atomic E-state index is 0.0353. The van der Waals surface area contributed by atoms with Gasteiger partial charge in [0.05, 0.1) is 57.8 Å². The number of hydrogen-bond donors (Lipinski definition) is 0. The van der Waals surface area contributed by atoms with Gasteiger partial charge >= 0.3 is 0 Å². The maximum atomic E-state index is 6.83. The first-order chi connectivity index (χ1) is 22.0. The Morgan fingerprint density at radius 3 is 1.94 bits per heavy atom. The molecule has 10 heteroatoms. The summed E-state index contributed by atoms with van der Waals surface area (Å²) >= 11 is 0. The van der Waals surface area contributed by atoms with Crippen LogP contribution >= 0.6 is 0 Å². The van der Waals surface area contributed by atoms with Crippen LogP contribution in [0.2, 0.25) is 0 Å². The van der Waals surface area contributed by atoms with Crippen LogP contribution in [0.5, 0.6) is 0 Å². The van der Waals surface area contributed by atoms with Crippen molar-refractivity contribution in [3.05, 3.63) is 35.2 Å². The molecule has 3 aromatic heterocycles. The average Bonchev–Trinajstić information content (AvgIpc) is 3.47. The van der Waals surface area contributed by atoms with E-state index < -0.39 is 0 Å². The van der Waals surface area contributed by atoms with E-state index in [1.54, 1.807) is 0 Å². The Kier molecular flexibility index (Phi) is 9.63. The summed E-state index contributed by atoms with van der Waals surface area (Å²) in [7, 11) is 0. The molecular weight excluding hydrogens is 598 g/mol. The molecule has 1 fully saturated rings. The van der Waals surface area contributed by atoms with Gasteiger partial charge in [0.2, 0.25) is 0 Å². The van der Waals surface area contributed by atoms with Crippen molar-refractivity contribution in [3.8, 4) is 0 Å². The highest BCUT2D eigenvalue weighted by Gasteiger charge is 2.50. The van der Waals surface area contributed by atoms with Crippen LogP contribution in [-0.4, -0.2) is 57.2 Å². The molecule has 0 spiro atoms. The van der Waals surface area contributed by atoms with Crippen molar-refractivity contribution in [1.29, 1.82) is 0 Å². The van der Waals surface area contributed by atoms with E-state index in [4.69, 9.17) is 4.74 Å². The number of fused-ring (bicyclic) bond motifs is 2. The van der Waals surface area contributed by atoms with Gasteiger partial charge in [-0.3, -0.25) is 0 Å². The zero-order valence-electron chi connectivity index (χ0n) is 32.7. The Hall–Kier alpha value is -2.62. The second-order valence-corrected chi connectivity index (χ2v) is 19.6.